The van der Waals surface area contributed by atoms with Crippen LogP contribution in [0.1, 0.15) is 18.1 Å². The summed E-state index contributed by atoms with van der Waals surface area (Å²) in [6.45, 7) is 6.17. The Morgan fingerprint density at radius 1 is 1.38 bits per heavy atom. The molecule has 2 heteroatoms. The van der Waals surface area contributed by atoms with E-state index in [1.54, 1.807) is 0 Å². The van der Waals surface area contributed by atoms with Gasteiger partial charge in [-0.3, -0.25) is 0 Å². The first-order chi connectivity index (χ1) is 6.13. The molecule has 0 bridgehead atoms. The summed E-state index contributed by atoms with van der Waals surface area (Å²) in [5.74, 6) is 0. The molecule has 0 heterocycles. The number of nitrogens with zero attached hydrogens (tertiary/aromatic N) is 1. The van der Waals surface area contributed by atoms with Gasteiger partial charge in [-0.2, -0.15) is 0 Å². The van der Waals surface area contributed by atoms with E-state index < -0.39 is 0 Å². The highest BCUT2D eigenvalue weighted by Crippen LogP contribution is 2.18. The fourth-order valence-corrected chi connectivity index (χ4v) is 1.48. The lowest BCUT2D eigenvalue weighted by molar-refractivity contribution is 0.346. The van der Waals surface area contributed by atoms with E-state index in [0.717, 1.165) is 18.1 Å². The Hall–Kier alpha value is -0.530. The Labute approximate surface area is 85.3 Å². The first-order valence-electron chi connectivity index (χ1n) is 4.57. The van der Waals surface area contributed by atoms with Crippen molar-refractivity contribution >= 4 is 11.6 Å². The van der Waals surface area contributed by atoms with Crippen molar-refractivity contribution in [2.75, 3.05) is 13.6 Å². The molecule has 1 nitrogen and oxygen atoms in total. The summed E-state index contributed by atoms with van der Waals surface area (Å²) in [5, 5.41) is 0.875. The molecule has 0 N–H and O–H groups in total. The molecule has 13 heavy (non-hydrogen) atoms. The van der Waals surface area contributed by atoms with Gasteiger partial charge in [0.05, 0.1) is 0 Å². The van der Waals surface area contributed by atoms with Crippen LogP contribution in [0.5, 0.6) is 0 Å². The van der Waals surface area contributed by atoms with Crippen LogP contribution < -0.4 is 0 Å². The Balaban J connectivity index is 2.77. The van der Waals surface area contributed by atoms with Crippen LogP contribution in [0.4, 0.5) is 0 Å². The minimum Gasteiger partial charge on any atom is -0.302 e. The standard InChI is InChI=1S/C11H16ClN/c1-4-13(3)8-10-6-5-9(2)7-11(10)12/h5-7H,4,8H2,1-3H3. The summed E-state index contributed by atoms with van der Waals surface area (Å²) in [7, 11) is 2.09. The third-order valence-electron chi connectivity index (χ3n) is 2.19. The van der Waals surface area contributed by atoms with Crippen molar-refractivity contribution in [3.05, 3.63) is 34.3 Å². The molecule has 0 aliphatic carbocycles. The minimum absolute atomic E-state index is 0.875. The van der Waals surface area contributed by atoms with Crippen molar-refractivity contribution in [1.29, 1.82) is 0 Å². The van der Waals surface area contributed by atoms with Gasteiger partial charge < -0.3 is 4.90 Å². The van der Waals surface area contributed by atoms with Crippen LogP contribution in [-0.4, -0.2) is 18.5 Å². The fourth-order valence-electron chi connectivity index (χ4n) is 1.18. The van der Waals surface area contributed by atoms with Gasteiger partial charge in [-0.15, -0.1) is 0 Å². The van der Waals surface area contributed by atoms with Crippen LogP contribution in [0.2, 0.25) is 5.02 Å². The second-order valence-corrected chi connectivity index (χ2v) is 3.83. The van der Waals surface area contributed by atoms with E-state index in [9.17, 15) is 0 Å². The van der Waals surface area contributed by atoms with Crippen molar-refractivity contribution in [3.63, 3.8) is 0 Å². The van der Waals surface area contributed by atoms with Crippen molar-refractivity contribution in [2.24, 2.45) is 0 Å². The van der Waals surface area contributed by atoms with Crippen molar-refractivity contribution in [3.8, 4) is 0 Å². The SMILES string of the molecule is CCN(C)Cc1ccc(C)cc1Cl. The molecule has 1 aromatic rings. The van der Waals surface area contributed by atoms with Crippen LogP contribution in [0.3, 0.4) is 0 Å². The van der Waals surface area contributed by atoms with Gasteiger partial charge in [-0.05, 0) is 37.7 Å². The summed E-state index contributed by atoms with van der Waals surface area (Å²) in [5.41, 5.74) is 2.42. The van der Waals surface area contributed by atoms with Crippen LogP contribution in [0, 0.1) is 6.92 Å². The highest BCUT2D eigenvalue weighted by Gasteiger charge is 2.02. The lowest BCUT2D eigenvalue weighted by Gasteiger charge is -2.14. The highest BCUT2D eigenvalue weighted by atomic mass is 35.5. The summed E-state index contributed by atoms with van der Waals surface area (Å²) in [6.07, 6.45) is 0. The largest absolute Gasteiger partial charge is 0.302 e. The lowest BCUT2D eigenvalue weighted by atomic mass is 10.1. The summed E-state index contributed by atoms with van der Waals surface area (Å²) in [4.78, 5) is 2.23. The molecule has 0 spiro atoms. The van der Waals surface area contributed by atoms with Crippen LogP contribution in [0.25, 0.3) is 0 Å². The maximum atomic E-state index is 6.10. The molecule has 1 aromatic carbocycles. The quantitative estimate of drug-likeness (QED) is 0.720. The molecule has 0 aliphatic heterocycles. The molecular formula is C11H16ClN. The van der Waals surface area contributed by atoms with Gasteiger partial charge in [0.25, 0.3) is 0 Å². The molecule has 0 fully saturated rings. The van der Waals surface area contributed by atoms with E-state index in [1.807, 2.05) is 6.07 Å². The van der Waals surface area contributed by atoms with Gasteiger partial charge in [0.1, 0.15) is 0 Å². The van der Waals surface area contributed by atoms with Crippen LogP contribution >= 0.6 is 11.6 Å². The number of rotatable bonds is 3. The van der Waals surface area contributed by atoms with Crippen molar-refractivity contribution < 1.29 is 0 Å². The zero-order chi connectivity index (χ0) is 9.84. The van der Waals surface area contributed by atoms with E-state index in [-0.39, 0.29) is 0 Å². The molecule has 0 saturated heterocycles. The first kappa shape index (κ1) is 10.6. The Morgan fingerprint density at radius 3 is 2.62 bits per heavy atom. The van der Waals surface area contributed by atoms with E-state index in [0.29, 0.717) is 0 Å². The monoisotopic (exact) mass is 197 g/mol. The number of halogens is 1. The van der Waals surface area contributed by atoms with E-state index in [1.165, 1.54) is 11.1 Å². The smallest absolute Gasteiger partial charge is 0.0453 e. The van der Waals surface area contributed by atoms with E-state index in [2.05, 4.69) is 37.9 Å². The maximum Gasteiger partial charge on any atom is 0.0453 e. The Morgan fingerprint density at radius 2 is 2.08 bits per heavy atom. The summed E-state index contributed by atoms with van der Waals surface area (Å²) in [6, 6.07) is 6.22. The number of hydrogen-bond donors (Lipinski definition) is 0. The molecule has 0 amide bonds. The van der Waals surface area contributed by atoms with E-state index in [4.69, 9.17) is 11.6 Å². The second kappa shape index (κ2) is 4.64. The molecule has 0 aliphatic rings. The Kier molecular flexibility index (Phi) is 3.76. The average molecular weight is 198 g/mol. The Bertz CT molecular complexity index is 283. The summed E-state index contributed by atoms with van der Waals surface area (Å²) < 4.78 is 0. The average Bonchev–Trinajstić information content (AvgIpc) is 2.09. The number of hydrogen-bond acceptors (Lipinski definition) is 1. The second-order valence-electron chi connectivity index (χ2n) is 3.43. The molecule has 0 radical (unpaired) electrons. The normalized spacial score (nSPS) is 10.8. The third-order valence-corrected chi connectivity index (χ3v) is 2.54. The topological polar surface area (TPSA) is 3.24 Å². The molecular weight excluding hydrogens is 182 g/mol. The fraction of sp³-hybridized carbons (Fsp3) is 0.455. The number of benzene rings is 1. The molecule has 72 valence electrons. The van der Waals surface area contributed by atoms with Gasteiger partial charge >= 0.3 is 0 Å². The number of aryl methyl sites for hydroxylation is 1. The zero-order valence-electron chi connectivity index (χ0n) is 8.47. The van der Waals surface area contributed by atoms with Gasteiger partial charge in [0, 0.05) is 11.6 Å². The molecule has 1 rings (SSSR count). The van der Waals surface area contributed by atoms with Gasteiger partial charge in [0.15, 0.2) is 0 Å². The molecule has 0 unspecified atom stereocenters. The van der Waals surface area contributed by atoms with Gasteiger partial charge in [-0.1, -0.05) is 30.7 Å². The van der Waals surface area contributed by atoms with Gasteiger partial charge in [-0.25, -0.2) is 0 Å². The first-order valence-corrected chi connectivity index (χ1v) is 4.95. The molecule has 0 aromatic heterocycles. The minimum atomic E-state index is 0.875. The third kappa shape index (κ3) is 3.02. The van der Waals surface area contributed by atoms with Crippen LogP contribution in [-0.2, 0) is 6.54 Å². The molecule has 0 saturated carbocycles. The summed E-state index contributed by atoms with van der Waals surface area (Å²) >= 11 is 6.10. The predicted molar refractivity (Wildman–Crippen MR) is 58.2 cm³/mol. The van der Waals surface area contributed by atoms with Crippen molar-refractivity contribution in [1.82, 2.24) is 4.90 Å². The van der Waals surface area contributed by atoms with Gasteiger partial charge in [0.2, 0.25) is 0 Å². The van der Waals surface area contributed by atoms with Crippen LogP contribution in [0.15, 0.2) is 18.2 Å². The van der Waals surface area contributed by atoms with Crippen molar-refractivity contribution in [2.45, 2.75) is 20.4 Å². The van der Waals surface area contributed by atoms with E-state index >= 15 is 0 Å². The zero-order valence-corrected chi connectivity index (χ0v) is 9.23. The predicted octanol–water partition coefficient (Wildman–Crippen LogP) is 3.10. The highest BCUT2D eigenvalue weighted by molar-refractivity contribution is 6.31. The lowest BCUT2D eigenvalue weighted by Crippen LogP contribution is -2.16. The molecule has 0 atom stereocenters. The maximum absolute atomic E-state index is 6.10.